The zero-order valence-electron chi connectivity index (χ0n) is 16.6. The maximum atomic E-state index is 14.3. The summed E-state index contributed by atoms with van der Waals surface area (Å²) >= 11 is 5.98. The Morgan fingerprint density at radius 2 is 1.93 bits per heavy atom. The quantitative estimate of drug-likeness (QED) is 0.753. The van der Waals surface area contributed by atoms with Gasteiger partial charge in [0.2, 0.25) is 5.91 Å². The third kappa shape index (κ3) is 4.09. The molecule has 5 nitrogen and oxygen atoms in total. The van der Waals surface area contributed by atoms with Crippen LogP contribution in [0, 0.1) is 18.6 Å². The predicted molar refractivity (Wildman–Crippen MR) is 111 cm³/mol. The third-order valence-corrected chi connectivity index (χ3v) is 6.25. The van der Waals surface area contributed by atoms with Crippen LogP contribution in [-0.2, 0) is 11.2 Å². The molecule has 0 unspecified atom stereocenters. The SMILES string of the molecule is Cc1cc(N2CCC(O)(COc3ccc(F)c4c3CCC(=O)N4)CC2)c(F)cc1Cl. The second-order valence-corrected chi connectivity index (χ2v) is 8.41. The Balaban J connectivity index is 1.42. The monoisotopic (exact) mass is 436 g/mol. The van der Waals surface area contributed by atoms with Gasteiger partial charge in [-0.1, -0.05) is 11.6 Å². The van der Waals surface area contributed by atoms with Crippen molar-refractivity contribution in [3.05, 3.63) is 52.0 Å². The summed E-state index contributed by atoms with van der Waals surface area (Å²) in [5, 5.41) is 13.9. The number of halogens is 3. The number of amides is 1. The number of hydrogen-bond donors (Lipinski definition) is 2. The van der Waals surface area contributed by atoms with Crippen molar-refractivity contribution in [2.24, 2.45) is 0 Å². The molecule has 2 aliphatic heterocycles. The van der Waals surface area contributed by atoms with E-state index in [1.165, 1.54) is 18.2 Å². The van der Waals surface area contributed by atoms with Crippen molar-refractivity contribution >= 4 is 28.9 Å². The molecule has 2 aromatic rings. The number of piperidine rings is 1. The number of hydrogen-bond acceptors (Lipinski definition) is 4. The highest BCUT2D eigenvalue weighted by Gasteiger charge is 2.34. The molecule has 2 N–H and O–H groups in total. The first kappa shape index (κ1) is 20.9. The van der Waals surface area contributed by atoms with Crippen molar-refractivity contribution in [1.82, 2.24) is 0 Å². The molecule has 0 aromatic heterocycles. The first-order valence-electron chi connectivity index (χ1n) is 9.93. The minimum Gasteiger partial charge on any atom is -0.490 e. The molecule has 1 saturated heterocycles. The molecule has 2 heterocycles. The molecule has 1 amide bonds. The number of aryl methyl sites for hydroxylation is 1. The number of benzene rings is 2. The zero-order valence-corrected chi connectivity index (χ0v) is 17.4. The number of carbonyl (C=O) groups is 1. The topological polar surface area (TPSA) is 61.8 Å². The molecule has 4 rings (SSSR count). The number of nitrogens with one attached hydrogen (secondary N) is 1. The van der Waals surface area contributed by atoms with E-state index in [2.05, 4.69) is 5.32 Å². The van der Waals surface area contributed by atoms with E-state index in [1.807, 2.05) is 11.8 Å². The number of nitrogens with zero attached hydrogens (tertiary/aromatic N) is 1. The molecule has 30 heavy (non-hydrogen) atoms. The van der Waals surface area contributed by atoms with Gasteiger partial charge in [-0.3, -0.25) is 4.79 Å². The summed E-state index contributed by atoms with van der Waals surface area (Å²) in [6, 6.07) is 5.80. The maximum Gasteiger partial charge on any atom is 0.224 e. The van der Waals surface area contributed by atoms with Gasteiger partial charge in [0.05, 0.1) is 11.4 Å². The molecule has 0 spiro atoms. The van der Waals surface area contributed by atoms with Crippen LogP contribution >= 0.6 is 11.6 Å². The van der Waals surface area contributed by atoms with Crippen LogP contribution in [0.25, 0.3) is 0 Å². The first-order chi connectivity index (χ1) is 14.3. The highest BCUT2D eigenvalue weighted by molar-refractivity contribution is 6.31. The van der Waals surface area contributed by atoms with Gasteiger partial charge in [-0.15, -0.1) is 0 Å². The van der Waals surface area contributed by atoms with Crippen LogP contribution in [0.4, 0.5) is 20.2 Å². The van der Waals surface area contributed by atoms with E-state index >= 15 is 0 Å². The molecule has 0 aliphatic carbocycles. The van der Waals surface area contributed by atoms with Crippen molar-refractivity contribution in [3.63, 3.8) is 0 Å². The Hall–Kier alpha value is -2.38. The summed E-state index contributed by atoms with van der Waals surface area (Å²) in [5.41, 5.74) is 0.954. The van der Waals surface area contributed by atoms with Gasteiger partial charge in [0, 0.05) is 30.1 Å². The molecule has 8 heteroatoms. The van der Waals surface area contributed by atoms with Crippen molar-refractivity contribution in [1.29, 1.82) is 0 Å². The fraction of sp³-hybridized carbons (Fsp3) is 0.409. The predicted octanol–water partition coefficient (Wildman–Crippen LogP) is 4.22. The average molecular weight is 437 g/mol. The van der Waals surface area contributed by atoms with Crippen molar-refractivity contribution in [2.45, 2.75) is 38.2 Å². The van der Waals surface area contributed by atoms with E-state index < -0.39 is 11.4 Å². The number of rotatable bonds is 4. The minimum atomic E-state index is -1.08. The summed E-state index contributed by atoms with van der Waals surface area (Å²) in [4.78, 5) is 13.5. The standard InChI is InChI=1S/C22H23ClF2N2O3/c1-13-10-18(17(25)11-15(13)23)27-8-6-22(29,7-9-27)12-30-19-4-3-16(24)21-14(19)2-5-20(28)26-21/h3-4,10-11,29H,2,5-9,12H2,1H3,(H,26,28). The van der Waals surface area contributed by atoms with Gasteiger partial charge in [-0.25, -0.2) is 8.78 Å². The number of fused-ring (bicyclic) bond motifs is 1. The van der Waals surface area contributed by atoms with E-state index in [9.17, 15) is 18.7 Å². The molecule has 1 fully saturated rings. The highest BCUT2D eigenvalue weighted by Crippen LogP contribution is 2.35. The number of ether oxygens (including phenoxy) is 1. The number of aliphatic hydroxyl groups is 1. The lowest BCUT2D eigenvalue weighted by Crippen LogP contribution is -2.48. The van der Waals surface area contributed by atoms with Crippen LogP contribution in [0.5, 0.6) is 5.75 Å². The van der Waals surface area contributed by atoms with E-state index in [0.29, 0.717) is 54.4 Å². The summed E-state index contributed by atoms with van der Waals surface area (Å²) in [6.45, 7) is 2.80. The van der Waals surface area contributed by atoms with Crippen LogP contribution < -0.4 is 15.0 Å². The second kappa shape index (κ2) is 8.04. The van der Waals surface area contributed by atoms with Crippen LogP contribution in [0.1, 0.15) is 30.4 Å². The van der Waals surface area contributed by atoms with Crippen LogP contribution in [0.15, 0.2) is 24.3 Å². The molecule has 2 aliphatic rings. The van der Waals surface area contributed by atoms with Gasteiger partial charge in [-0.2, -0.15) is 0 Å². The van der Waals surface area contributed by atoms with Crippen LogP contribution in [0.2, 0.25) is 5.02 Å². The van der Waals surface area contributed by atoms with Gasteiger partial charge in [0.25, 0.3) is 0 Å². The molecular formula is C22H23ClF2N2O3. The smallest absolute Gasteiger partial charge is 0.224 e. The second-order valence-electron chi connectivity index (χ2n) is 8.00. The zero-order chi connectivity index (χ0) is 21.5. The molecule has 2 aromatic carbocycles. The van der Waals surface area contributed by atoms with Gasteiger partial charge in [0.1, 0.15) is 29.6 Å². The Morgan fingerprint density at radius 1 is 1.20 bits per heavy atom. The van der Waals surface area contributed by atoms with Gasteiger partial charge in [-0.05, 0) is 56.0 Å². The lowest BCUT2D eigenvalue weighted by Gasteiger charge is -2.39. The molecule has 0 radical (unpaired) electrons. The Morgan fingerprint density at radius 3 is 2.67 bits per heavy atom. The maximum absolute atomic E-state index is 14.3. The van der Waals surface area contributed by atoms with Crippen molar-refractivity contribution in [3.8, 4) is 5.75 Å². The normalized spacial score (nSPS) is 18.0. The summed E-state index contributed by atoms with van der Waals surface area (Å²) in [5.74, 6) is -0.652. The van der Waals surface area contributed by atoms with E-state index in [4.69, 9.17) is 16.3 Å². The van der Waals surface area contributed by atoms with E-state index in [0.717, 1.165) is 5.56 Å². The summed E-state index contributed by atoms with van der Waals surface area (Å²) < 4.78 is 34.2. The summed E-state index contributed by atoms with van der Waals surface area (Å²) in [7, 11) is 0. The fourth-order valence-corrected chi connectivity index (χ4v) is 4.11. The van der Waals surface area contributed by atoms with Gasteiger partial charge < -0.3 is 20.1 Å². The molecule has 0 saturated carbocycles. The van der Waals surface area contributed by atoms with Crippen LogP contribution in [0.3, 0.4) is 0 Å². The van der Waals surface area contributed by atoms with Crippen LogP contribution in [-0.4, -0.2) is 36.3 Å². The highest BCUT2D eigenvalue weighted by atomic mass is 35.5. The van der Waals surface area contributed by atoms with Gasteiger partial charge >= 0.3 is 0 Å². The lowest BCUT2D eigenvalue weighted by molar-refractivity contribution is -0.116. The molecular weight excluding hydrogens is 414 g/mol. The van der Waals surface area contributed by atoms with E-state index in [-0.39, 0.29) is 30.4 Å². The molecule has 0 bridgehead atoms. The largest absolute Gasteiger partial charge is 0.490 e. The van der Waals surface area contributed by atoms with E-state index in [1.54, 1.807) is 6.07 Å². The number of carbonyl (C=O) groups excluding carboxylic acids is 1. The van der Waals surface area contributed by atoms with Crippen molar-refractivity contribution < 1.29 is 23.4 Å². The third-order valence-electron chi connectivity index (χ3n) is 5.84. The first-order valence-corrected chi connectivity index (χ1v) is 10.3. The molecule has 0 atom stereocenters. The minimum absolute atomic E-state index is 0.0367. The molecule has 160 valence electrons. The lowest BCUT2D eigenvalue weighted by atomic mass is 9.91. The average Bonchev–Trinajstić information content (AvgIpc) is 2.71. The van der Waals surface area contributed by atoms with Crippen molar-refractivity contribution in [2.75, 3.05) is 29.9 Å². The number of anilines is 2. The Bertz CT molecular complexity index is 991. The Labute approximate surface area is 178 Å². The Kier molecular flexibility index (Phi) is 5.59. The fourth-order valence-electron chi connectivity index (χ4n) is 3.96. The summed E-state index contributed by atoms with van der Waals surface area (Å²) in [6.07, 6.45) is 1.44. The van der Waals surface area contributed by atoms with Gasteiger partial charge in [0.15, 0.2) is 0 Å².